The smallest absolute Gasteiger partial charge is 0.306 e. The summed E-state index contributed by atoms with van der Waals surface area (Å²) in [5, 5.41) is 10.7. The molecule has 0 saturated carbocycles. The lowest BCUT2D eigenvalue weighted by Crippen LogP contribution is -2.24. The van der Waals surface area contributed by atoms with Crippen molar-refractivity contribution in [3.05, 3.63) is 52.6 Å². The molecule has 3 heterocycles. The van der Waals surface area contributed by atoms with Crippen LogP contribution in [0.25, 0.3) is 11.2 Å². The van der Waals surface area contributed by atoms with E-state index >= 15 is 0 Å². The standard InChI is InChI=1S/C20H22N6O5/c1-12-15(9-16(30-12)25-11-24-18-19(21)22-10-23-20(18)25)31-17(27)4-2-3-13-5-7-14(8-6-13)26(28)29/h5-8,10-12,15-16H,2-4,9H2,1H3,(H2,21,22,23)/t12-,15+,16-/m1/s1. The van der Waals surface area contributed by atoms with Gasteiger partial charge in [-0.25, -0.2) is 15.0 Å². The maximum absolute atomic E-state index is 12.3. The predicted molar refractivity (Wildman–Crippen MR) is 110 cm³/mol. The molecule has 2 aromatic heterocycles. The molecule has 162 valence electrons. The number of imidazole rings is 1. The number of hydrogen-bond donors (Lipinski definition) is 1. The minimum Gasteiger partial charge on any atom is -0.459 e. The predicted octanol–water partition coefficient (Wildman–Crippen LogP) is 2.56. The van der Waals surface area contributed by atoms with E-state index in [1.54, 1.807) is 23.0 Å². The highest BCUT2D eigenvalue weighted by Gasteiger charge is 2.36. The van der Waals surface area contributed by atoms with Gasteiger partial charge in [0, 0.05) is 25.0 Å². The van der Waals surface area contributed by atoms with Crippen LogP contribution in [0.5, 0.6) is 0 Å². The fraction of sp³-hybridized carbons (Fsp3) is 0.400. The molecule has 11 nitrogen and oxygen atoms in total. The summed E-state index contributed by atoms with van der Waals surface area (Å²) in [6.07, 6.45) is 3.89. The lowest BCUT2D eigenvalue weighted by molar-refractivity contribution is -0.384. The molecule has 31 heavy (non-hydrogen) atoms. The summed E-state index contributed by atoms with van der Waals surface area (Å²) in [6, 6.07) is 6.33. The highest BCUT2D eigenvalue weighted by atomic mass is 16.6. The fourth-order valence-electron chi connectivity index (χ4n) is 3.63. The molecule has 0 radical (unpaired) electrons. The normalized spacial score (nSPS) is 20.7. The number of rotatable bonds is 7. The SMILES string of the molecule is C[C@H]1O[C@@H](n2cnc3c(N)ncnc32)C[C@@H]1OC(=O)CCCc1ccc([N+](=O)[O-])cc1. The minimum absolute atomic E-state index is 0.0488. The zero-order valence-corrected chi connectivity index (χ0v) is 16.9. The van der Waals surface area contributed by atoms with E-state index in [9.17, 15) is 14.9 Å². The summed E-state index contributed by atoms with van der Waals surface area (Å²) in [4.78, 5) is 35.0. The zero-order chi connectivity index (χ0) is 22.0. The fourth-order valence-corrected chi connectivity index (χ4v) is 3.63. The van der Waals surface area contributed by atoms with E-state index < -0.39 is 4.92 Å². The first-order valence-electron chi connectivity index (χ1n) is 9.93. The number of nitrogens with two attached hydrogens (primary N) is 1. The number of esters is 1. The lowest BCUT2D eigenvalue weighted by atomic mass is 10.1. The topological polar surface area (TPSA) is 148 Å². The molecule has 0 spiro atoms. The van der Waals surface area contributed by atoms with Crippen molar-refractivity contribution in [2.45, 2.75) is 51.0 Å². The van der Waals surface area contributed by atoms with Crippen molar-refractivity contribution >= 4 is 28.6 Å². The van der Waals surface area contributed by atoms with E-state index in [0.29, 0.717) is 36.2 Å². The number of hydrogen-bond acceptors (Lipinski definition) is 9. The molecule has 2 N–H and O–H groups in total. The molecular weight excluding hydrogens is 404 g/mol. The molecule has 3 atom stereocenters. The quantitative estimate of drug-likeness (QED) is 0.342. The molecule has 4 rings (SSSR count). The average molecular weight is 426 g/mol. The van der Waals surface area contributed by atoms with Crippen molar-refractivity contribution < 1.29 is 19.2 Å². The Morgan fingerprint density at radius 1 is 1.32 bits per heavy atom. The van der Waals surface area contributed by atoms with Gasteiger partial charge in [-0.05, 0) is 25.3 Å². The molecule has 1 aliphatic heterocycles. The summed E-state index contributed by atoms with van der Waals surface area (Å²) >= 11 is 0. The van der Waals surface area contributed by atoms with E-state index in [4.69, 9.17) is 15.2 Å². The average Bonchev–Trinajstić information content (AvgIpc) is 3.33. The van der Waals surface area contributed by atoms with Gasteiger partial charge >= 0.3 is 5.97 Å². The Morgan fingerprint density at radius 3 is 2.84 bits per heavy atom. The summed E-state index contributed by atoms with van der Waals surface area (Å²) in [5.74, 6) is -0.00383. The second-order valence-corrected chi connectivity index (χ2v) is 7.42. The van der Waals surface area contributed by atoms with Gasteiger partial charge in [0.05, 0.1) is 17.4 Å². The second kappa shape index (κ2) is 8.64. The van der Waals surface area contributed by atoms with Crippen LogP contribution in [0.1, 0.15) is 38.0 Å². The highest BCUT2D eigenvalue weighted by Crippen LogP contribution is 2.33. The molecule has 1 fully saturated rings. The van der Waals surface area contributed by atoms with Gasteiger partial charge in [-0.1, -0.05) is 12.1 Å². The van der Waals surface area contributed by atoms with E-state index in [2.05, 4.69) is 15.0 Å². The first kappa shape index (κ1) is 20.7. The number of nitrogens with zero attached hydrogens (tertiary/aromatic N) is 5. The third-order valence-electron chi connectivity index (χ3n) is 5.30. The summed E-state index contributed by atoms with van der Waals surface area (Å²) < 4.78 is 13.4. The van der Waals surface area contributed by atoms with Gasteiger partial charge in [0.25, 0.3) is 5.69 Å². The van der Waals surface area contributed by atoms with Crippen molar-refractivity contribution in [1.82, 2.24) is 19.5 Å². The first-order valence-corrected chi connectivity index (χ1v) is 9.93. The van der Waals surface area contributed by atoms with Crippen LogP contribution >= 0.6 is 0 Å². The number of benzene rings is 1. The number of aromatic nitrogens is 4. The Hall–Kier alpha value is -3.60. The number of carbonyl (C=O) groups is 1. The molecule has 0 bridgehead atoms. The molecule has 0 unspecified atom stereocenters. The Balaban J connectivity index is 1.29. The molecule has 3 aromatic rings. The Labute approximate surface area is 177 Å². The number of ether oxygens (including phenoxy) is 2. The van der Waals surface area contributed by atoms with Crippen LogP contribution in [0.2, 0.25) is 0 Å². The third kappa shape index (κ3) is 4.45. The van der Waals surface area contributed by atoms with Gasteiger partial charge in [-0.15, -0.1) is 0 Å². The van der Waals surface area contributed by atoms with Gasteiger partial charge in [-0.2, -0.15) is 0 Å². The monoisotopic (exact) mass is 426 g/mol. The number of nitro benzene ring substituents is 1. The van der Waals surface area contributed by atoms with Gasteiger partial charge < -0.3 is 15.2 Å². The summed E-state index contributed by atoms with van der Waals surface area (Å²) in [7, 11) is 0. The molecule has 1 aliphatic rings. The zero-order valence-electron chi connectivity index (χ0n) is 16.9. The van der Waals surface area contributed by atoms with Gasteiger partial charge in [0.15, 0.2) is 11.5 Å². The number of anilines is 1. The van der Waals surface area contributed by atoms with Gasteiger partial charge in [-0.3, -0.25) is 19.5 Å². The number of nitrogen functional groups attached to an aromatic ring is 1. The van der Waals surface area contributed by atoms with Gasteiger partial charge in [0.1, 0.15) is 24.2 Å². The maximum Gasteiger partial charge on any atom is 0.306 e. The third-order valence-corrected chi connectivity index (χ3v) is 5.30. The van der Waals surface area contributed by atoms with E-state index in [1.165, 1.54) is 18.5 Å². The Morgan fingerprint density at radius 2 is 2.10 bits per heavy atom. The molecular formula is C20H22N6O5. The minimum atomic E-state index is -0.437. The molecule has 0 aliphatic carbocycles. The van der Waals surface area contributed by atoms with Crippen LogP contribution in [-0.2, 0) is 20.7 Å². The molecule has 1 aromatic carbocycles. The Kier molecular flexibility index (Phi) is 5.76. The summed E-state index contributed by atoms with van der Waals surface area (Å²) in [5.41, 5.74) is 7.89. The van der Waals surface area contributed by atoms with Crippen molar-refractivity contribution in [1.29, 1.82) is 0 Å². The van der Waals surface area contributed by atoms with Crippen LogP contribution in [0, 0.1) is 10.1 Å². The lowest BCUT2D eigenvalue weighted by Gasteiger charge is -2.14. The van der Waals surface area contributed by atoms with E-state index in [0.717, 1.165) is 5.56 Å². The number of carbonyl (C=O) groups excluding carboxylic acids is 1. The van der Waals surface area contributed by atoms with Gasteiger partial charge in [0.2, 0.25) is 0 Å². The van der Waals surface area contributed by atoms with Crippen molar-refractivity contribution in [2.24, 2.45) is 0 Å². The molecule has 1 saturated heterocycles. The Bertz CT molecular complexity index is 1100. The van der Waals surface area contributed by atoms with Crippen molar-refractivity contribution in [3.8, 4) is 0 Å². The van der Waals surface area contributed by atoms with Crippen LogP contribution < -0.4 is 5.73 Å². The van der Waals surface area contributed by atoms with Crippen LogP contribution in [0.4, 0.5) is 11.5 Å². The van der Waals surface area contributed by atoms with Crippen LogP contribution in [-0.4, -0.2) is 42.6 Å². The largest absolute Gasteiger partial charge is 0.459 e. The maximum atomic E-state index is 12.3. The van der Waals surface area contributed by atoms with Crippen molar-refractivity contribution in [2.75, 3.05) is 5.73 Å². The first-order chi connectivity index (χ1) is 14.9. The highest BCUT2D eigenvalue weighted by molar-refractivity contribution is 5.81. The molecule has 11 heteroatoms. The van der Waals surface area contributed by atoms with E-state index in [1.807, 2.05) is 6.92 Å². The number of non-ortho nitro benzene ring substituents is 1. The van der Waals surface area contributed by atoms with Crippen LogP contribution in [0.15, 0.2) is 36.9 Å². The molecule has 0 amide bonds. The number of fused-ring (bicyclic) bond motifs is 1. The number of nitro groups is 1. The summed E-state index contributed by atoms with van der Waals surface area (Å²) in [6.45, 7) is 1.86. The van der Waals surface area contributed by atoms with Crippen LogP contribution in [0.3, 0.4) is 0 Å². The number of aryl methyl sites for hydroxylation is 1. The van der Waals surface area contributed by atoms with E-state index in [-0.39, 0.29) is 36.5 Å². The van der Waals surface area contributed by atoms with Crippen molar-refractivity contribution in [3.63, 3.8) is 0 Å². The second-order valence-electron chi connectivity index (χ2n) is 7.42.